The number of ether oxygens (including phenoxy) is 1. The number of benzene rings is 1. The highest BCUT2D eigenvalue weighted by Crippen LogP contribution is 2.44. The molecule has 102 valence electrons. The van der Waals surface area contributed by atoms with Gasteiger partial charge in [0.2, 0.25) is 0 Å². The SMILES string of the molecule is CC1(C)COC(C2(c3cccc(F)c3)CCCC2)=N1. The Hall–Kier alpha value is -1.38. The molecule has 1 saturated carbocycles. The summed E-state index contributed by atoms with van der Waals surface area (Å²) in [7, 11) is 0. The van der Waals surface area contributed by atoms with Crippen LogP contribution in [-0.2, 0) is 10.2 Å². The third kappa shape index (κ3) is 2.15. The van der Waals surface area contributed by atoms with Crippen LogP contribution in [0.4, 0.5) is 4.39 Å². The normalized spacial score (nSPS) is 24.1. The topological polar surface area (TPSA) is 21.6 Å². The second kappa shape index (κ2) is 4.32. The van der Waals surface area contributed by atoms with Gasteiger partial charge in [-0.05, 0) is 44.4 Å². The van der Waals surface area contributed by atoms with Gasteiger partial charge in [0.25, 0.3) is 0 Å². The zero-order valence-corrected chi connectivity index (χ0v) is 11.6. The number of aliphatic imine (C=N–C) groups is 1. The highest BCUT2D eigenvalue weighted by atomic mass is 19.1. The molecule has 0 amide bonds. The van der Waals surface area contributed by atoms with Gasteiger partial charge in [-0.2, -0.15) is 0 Å². The van der Waals surface area contributed by atoms with Crippen molar-refractivity contribution in [2.24, 2.45) is 4.99 Å². The Morgan fingerprint density at radius 2 is 1.95 bits per heavy atom. The van der Waals surface area contributed by atoms with Crippen LogP contribution in [0, 0.1) is 5.82 Å². The van der Waals surface area contributed by atoms with Gasteiger partial charge >= 0.3 is 0 Å². The van der Waals surface area contributed by atoms with Crippen LogP contribution < -0.4 is 0 Å². The smallest absolute Gasteiger partial charge is 0.194 e. The molecule has 3 rings (SSSR count). The van der Waals surface area contributed by atoms with Crippen LogP contribution in [0.2, 0.25) is 0 Å². The van der Waals surface area contributed by atoms with Crippen molar-refractivity contribution in [1.29, 1.82) is 0 Å². The van der Waals surface area contributed by atoms with E-state index in [9.17, 15) is 4.39 Å². The van der Waals surface area contributed by atoms with Gasteiger partial charge in [0.15, 0.2) is 5.90 Å². The maximum atomic E-state index is 13.5. The first-order valence-corrected chi connectivity index (χ1v) is 7.01. The molecular formula is C16H20FNO. The Balaban J connectivity index is 2.06. The average molecular weight is 261 g/mol. The van der Waals surface area contributed by atoms with Crippen molar-refractivity contribution < 1.29 is 9.13 Å². The van der Waals surface area contributed by atoms with Crippen LogP contribution in [0.15, 0.2) is 29.3 Å². The Morgan fingerprint density at radius 3 is 2.53 bits per heavy atom. The number of halogens is 1. The average Bonchev–Trinajstić information content (AvgIpc) is 2.96. The first-order chi connectivity index (χ1) is 9.02. The van der Waals surface area contributed by atoms with Crippen molar-refractivity contribution >= 4 is 5.90 Å². The standard InChI is InChI=1S/C16H20FNO/c1-15(2)11-19-14(18-15)16(8-3-4-9-16)12-6-5-7-13(17)10-12/h5-7,10H,3-4,8-9,11H2,1-2H3. The zero-order valence-electron chi connectivity index (χ0n) is 11.6. The zero-order chi connectivity index (χ0) is 13.5. The molecule has 2 nitrogen and oxygen atoms in total. The summed E-state index contributed by atoms with van der Waals surface area (Å²) in [6.45, 7) is 4.78. The number of hydrogen-bond donors (Lipinski definition) is 0. The molecule has 0 spiro atoms. The third-order valence-electron chi connectivity index (χ3n) is 4.21. The number of rotatable bonds is 2. The van der Waals surface area contributed by atoms with E-state index >= 15 is 0 Å². The van der Waals surface area contributed by atoms with E-state index in [1.807, 2.05) is 6.07 Å². The molecule has 0 aromatic heterocycles. The Bertz CT molecular complexity index is 515. The third-order valence-corrected chi connectivity index (χ3v) is 4.21. The van der Waals surface area contributed by atoms with E-state index in [4.69, 9.17) is 9.73 Å². The number of nitrogens with zero attached hydrogens (tertiary/aromatic N) is 1. The van der Waals surface area contributed by atoms with E-state index < -0.39 is 0 Å². The molecule has 0 saturated heterocycles. The summed E-state index contributed by atoms with van der Waals surface area (Å²) in [6, 6.07) is 6.92. The van der Waals surface area contributed by atoms with Crippen LogP contribution in [-0.4, -0.2) is 18.0 Å². The predicted molar refractivity (Wildman–Crippen MR) is 74.0 cm³/mol. The van der Waals surface area contributed by atoms with Crippen molar-refractivity contribution in [1.82, 2.24) is 0 Å². The Kier molecular flexibility index (Phi) is 2.88. The van der Waals surface area contributed by atoms with Gasteiger partial charge in [-0.1, -0.05) is 25.0 Å². The second-order valence-electron chi connectivity index (χ2n) is 6.32. The minimum atomic E-state index is -0.199. The van der Waals surface area contributed by atoms with Crippen LogP contribution in [0.25, 0.3) is 0 Å². The second-order valence-corrected chi connectivity index (χ2v) is 6.32. The van der Waals surface area contributed by atoms with Crippen molar-refractivity contribution in [2.45, 2.75) is 50.5 Å². The fourth-order valence-corrected chi connectivity index (χ4v) is 3.22. The van der Waals surface area contributed by atoms with Crippen LogP contribution in [0.1, 0.15) is 45.1 Å². The summed E-state index contributed by atoms with van der Waals surface area (Å²) in [4.78, 5) is 4.75. The van der Waals surface area contributed by atoms with Crippen molar-refractivity contribution in [3.8, 4) is 0 Å². The number of hydrogen-bond acceptors (Lipinski definition) is 2. The molecule has 1 fully saturated rings. The molecule has 0 unspecified atom stereocenters. The van der Waals surface area contributed by atoms with Gasteiger partial charge in [-0.15, -0.1) is 0 Å². The highest BCUT2D eigenvalue weighted by Gasteiger charge is 2.45. The van der Waals surface area contributed by atoms with E-state index in [2.05, 4.69) is 13.8 Å². The van der Waals surface area contributed by atoms with Crippen molar-refractivity contribution in [2.75, 3.05) is 6.61 Å². The lowest BCUT2D eigenvalue weighted by atomic mass is 9.78. The lowest BCUT2D eigenvalue weighted by molar-refractivity contribution is 0.258. The van der Waals surface area contributed by atoms with Gasteiger partial charge < -0.3 is 4.74 Å². The molecular weight excluding hydrogens is 241 g/mol. The molecule has 0 radical (unpaired) electrons. The molecule has 1 heterocycles. The first-order valence-electron chi connectivity index (χ1n) is 7.01. The minimum absolute atomic E-state index is 0.155. The van der Waals surface area contributed by atoms with E-state index in [0.29, 0.717) is 6.61 Å². The summed E-state index contributed by atoms with van der Waals surface area (Å²) in [6.07, 6.45) is 4.31. The fourth-order valence-electron chi connectivity index (χ4n) is 3.22. The maximum absolute atomic E-state index is 13.5. The van der Waals surface area contributed by atoms with E-state index in [-0.39, 0.29) is 16.8 Å². The molecule has 1 aromatic carbocycles. The van der Waals surface area contributed by atoms with Crippen LogP contribution >= 0.6 is 0 Å². The molecule has 1 aromatic rings. The van der Waals surface area contributed by atoms with Crippen LogP contribution in [0.5, 0.6) is 0 Å². The lowest BCUT2D eigenvalue weighted by Crippen LogP contribution is -2.33. The van der Waals surface area contributed by atoms with E-state index in [0.717, 1.165) is 37.1 Å². The molecule has 0 atom stereocenters. The summed E-state index contributed by atoms with van der Waals surface area (Å²) in [5.74, 6) is 0.641. The van der Waals surface area contributed by atoms with Gasteiger partial charge in [-0.3, -0.25) is 0 Å². The summed E-state index contributed by atoms with van der Waals surface area (Å²) in [5.41, 5.74) is 0.662. The Labute approximate surface area is 113 Å². The molecule has 0 bridgehead atoms. The predicted octanol–water partition coefficient (Wildman–Crippen LogP) is 3.84. The molecule has 19 heavy (non-hydrogen) atoms. The summed E-state index contributed by atoms with van der Waals surface area (Å²) >= 11 is 0. The van der Waals surface area contributed by atoms with Gasteiger partial charge in [-0.25, -0.2) is 9.38 Å². The Morgan fingerprint density at radius 1 is 1.21 bits per heavy atom. The van der Waals surface area contributed by atoms with Gasteiger partial charge in [0.1, 0.15) is 12.4 Å². The minimum Gasteiger partial charge on any atom is -0.478 e. The monoisotopic (exact) mass is 261 g/mol. The lowest BCUT2D eigenvalue weighted by Gasteiger charge is -2.28. The fraction of sp³-hybridized carbons (Fsp3) is 0.562. The molecule has 3 heteroatoms. The molecule has 1 aliphatic heterocycles. The summed E-state index contributed by atoms with van der Waals surface area (Å²) < 4.78 is 19.4. The molecule has 2 aliphatic rings. The summed E-state index contributed by atoms with van der Waals surface area (Å²) in [5, 5.41) is 0. The first kappa shape index (κ1) is 12.6. The van der Waals surface area contributed by atoms with E-state index in [1.54, 1.807) is 12.1 Å². The largest absolute Gasteiger partial charge is 0.478 e. The van der Waals surface area contributed by atoms with E-state index in [1.165, 1.54) is 6.07 Å². The van der Waals surface area contributed by atoms with Gasteiger partial charge in [0, 0.05) is 0 Å². The van der Waals surface area contributed by atoms with Gasteiger partial charge in [0.05, 0.1) is 11.0 Å². The van der Waals surface area contributed by atoms with Crippen molar-refractivity contribution in [3.63, 3.8) is 0 Å². The van der Waals surface area contributed by atoms with Crippen molar-refractivity contribution in [3.05, 3.63) is 35.6 Å². The molecule has 1 aliphatic carbocycles. The quantitative estimate of drug-likeness (QED) is 0.792. The molecule has 0 N–H and O–H groups in total. The highest BCUT2D eigenvalue weighted by molar-refractivity contribution is 5.90. The maximum Gasteiger partial charge on any atom is 0.194 e. The van der Waals surface area contributed by atoms with Crippen LogP contribution in [0.3, 0.4) is 0 Å².